The molecule has 15 nitrogen and oxygen atoms in total. The summed E-state index contributed by atoms with van der Waals surface area (Å²) < 4.78 is 34.5. The molecule has 2 rings (SSSR count). The van der Waals surface area contributed by atoms with Gasteiger partial charge in [-0.2, -0.15) is 0 Å². The van der Waals surface area contributed by atoms with Crippen LogP contribution in [0.15, 0.2) is 0 Å². The van der Waals surface area contributed by atoms with Crippen molar-refractivity contribution in [3.8, 4) is 0 Å². The Bertz CT molecular complexity index is 867. The van der Waals surface area contributed by atoms with Crippen LogP contribution in [0.25, 0.3) is 0 Å². The van der Waals surface area contributed by atoms with Gasteiger partial charge in [0.15, 0.2) is 0 Å². The first-order valence-corrected chi connectivity index (χ1v) is 14.7. The number of esters is 4. The topological polar surface area (TPSA) is 182 Å². The number of nitrogens with one attached hydrogen (secondary N) is 1. The summed E-state index contributed by atoms with van der Waals surface area (Å²) >= 11 is 0. The zero-order valence-corrected chi connectivity index (χ0v) is 27.1. The van der Waals surface area contributed by atoms with Gasteiger partial charge in [0.2, 0.25) is 0 Å². The van der Waals surface area contributed by atoms with E-state index in [1.807, 2.05) is 0 Å². The molecular weight excluding hydrogens is 582 g/mol. The van der Waals surface area contributed by atoms with Crippen LogP contribution in [0.2, 0.25) is 6.82 Å². The molecule has 0 aromatic carbocycles. The van der Waals surface area contributed by atoms with Crippen LogP contribution in [0.1, 0.15) is 74.1 Å². The van der Waals surface area contributed by atoms with Crippen LogP contribution in [-0.4, -0.2) is 112 Å². The standard InChI is InChI=1S/C15H25NO6.C10H17NO4.C2H5B2O3/c1-6-20-12(17)10-8-9-11(13(18)21-7-2)16(10)14(19)22-15(3,4)5;1-3-14-9(12)7-5-6-8(11-7)10(13)15-4-2;1-3-7-6-2-4-5/h10-11H,6-9H2,1-5H3;7-8,11H,3-6H2,1-2H3;2H2,1H3/t10-,11+;7-,8+;. The molecule has 4 atom stereocenters. The van der Waals surface area contributed by atoms with E-state index in [0.29, 0.717) is 46.0 Å². The number of carbonyl (C=O) groups excluding carboxylic acids is 5. The molecule has 0 aromatic rings. The number of carbonyl (C=O) groups is 5. The number of ether oxygens (including phenoxy) is 5. The third kappa shape index (κ3) is 15.6. The Balaban J connectivity index is 0.000000722. The van der Waals surface area contributed by atoms with Crippen LogP contribution < -0.4 is 5.32 Å². The van der Waals surface area contributed by atoms with Gasteiger partial charge >= 0.3 is 72.3 Å². The average Bonchev–Trinajstić information content (AvgIpc) is 3.63. The number of amides is 1. The summed E-state index contributed by atoms with van der Waals surface area (Å²) in [5.41, 5.74) is -0.724. The second-order valence-electron chi connectivity index (χ2n) is 10.1. The van der Waals surface area contributed by atoms with Gasteiger partial charge in [-0.25, -0.2) is 14.4 Å². The van der Waals surface area contributed by atoms with E-state index in [1.54, 1.807) is 55.3 Å². The van der Waals surface area contributed by atoms with Gasteiger partial charge in [-0.15, -0.1) is 0 Å². The first kappa shape index (κ1) is 41.0. The summed E-state index contributed by atoms with van der Waals surface area (Å²) in [5.74, 6) is -1.63. The van der Waals surface area contributed by atoms with E-state index in [2.05, 4.69) is 15.0 Å². The van der Waals surface area contributed by atoms with Gasteiger partial charge in [0.1, 0.15) is 29.8 Å². The van der Waals surface area contributed by atoms with Crippen molar-refractivity contribution < 1.29 is 62.1 Å². The van der Waals surface area contributed by atoms with Crippen LogP contribution in [0, 0.1) is 0 Å². The molecule has 17 heteroatoms. The summed E-state index contributed by atoms with van der Waals surface area (Å²) in [7, 11) is 1.97. The Labute approximate surface area is 260 Å². The monoisotopic (exact) mass is 629 g/mol. The molecule has 2 aliphatic heterocycles. The maximum absolute atomic E-state index is 12.4. The van der Waals surface area contributed by atoms with Crippen molar-refractivity contribution in [2.75, 3.05) is 32.9 Å². The van der Waals surface area contributed by atoms with E-state index in [-0.39, 0.29) is 43.7 Å². The quantitative estimate of drug-likeness (QED) is 0.0823. The number of nitrogens with zero attached hydrogens (tertiary/aromatic N) is 1. The fraction of sp³-hybridized carbons (Fsp3) is 0.815. The Morgan fingerprint density at radius 3 is 1.48 bits per heavy atom. The van der Waals surface area contributed by atoms with Crippen molar-refractivity contribution in [3.05, 3.63) is 0 Å². The van der Waals surface area contributed by atoms with Crippen molar-refractivity contribution in [1.82, 2.24) is 10.2 Å². The fourth-order valence-corrected chi connectivity index (χ4v) is 4.06. The molecule has 0 saturated carbocycles. The molecule has 2 fully saturated rings. The Kier molecular flexibility index (Phi) is 20.9. The molecule has 2 heterocycles. The van der Waals surface area contributed by atoms with Crippen molar-refractivity contribution in [3.63, 3.8) is 0 Å². The van der Waals surface area contributed by atoms with Crippen LogP contribution >= 0.6 is 0 Å². The van der Waals surface area contributed by atoms with Gasteiger partial charge in [-0.05, 0) is 74.1 Å². The van der Waals surface area contributed by atoms with Crippen molar-refractivity contribution in [2.45, 2.75) is 111 Å². The summed E-state index contributed by atoms with van der Waals surface area (Å²) in [5, 5.41) is 2.91. The zero-order valence-electron chi connectivity index (χ0n) is 27.1. The third-order valence-electron chi connectivity index (χ3n) is 5.70. The molecule has 44 heavy (non-hydrogen) atoms. The van der Waals surface area contributed by atoms with Gasteiger partial charge in [0.25, 0.3) is 0 Å². The van der Waals surface area contributed by atoms with E-state index in [4.69, 9.17) is 23.7 Å². The third-order valence-corrected chi connectivity index (χ3v) is 5.70. The van der Waals surface area contributed by atoms with Crippen LogP contribution in [0.4, 0.5) is 4.79 Å². The molecule has 0 aliphatic carbocycles. The first-order valence-electron chi connectivity index (χ1n) is 14.7. The molecule has 0 aromatic heterocycles. The van der Waals surface area contributed by atoms with E-state index < -0.39 is 35.7 Å². The minimum atomic E-state index is -0.816. The van der Waals surface area contributed by atoms with Crippen LogP contribution in [0.5, 0.6) is 0 Å². The number of hydrogen-bond acceptors (Lipinski definition) is 14. The van der Waals surface area contributed by atoms with Crippen LogP contribution in [-0.2, 0) is 57.3 Å². The molecule has 2 aliphatic rings. The Morgan fingerprint density at radius 2 is 1.14 bits per heavy atom. The van der Waals surface area contributed by atoms with Crippen molar-refractivity contribution >= 4 is 44.6 Å². The van der Waals surface area contributed by atoms with E-state index >= 15 is 0 Å². The molecule has 1 radical (unpaired) electrons. The molecule has 1 amide bonds. The fourth-order valence-electron chi connectivity index (χ4n) is 4.06. The Hall–Kier alpha value is -3.04. The molecule has 0 bridgehead atoms. The first-order chi connectivity index (χ1) is 20.8. The van der Waals surface area contributed by atoms with Gasteiger partial charge < -0.3 is 23.7 Å². The van der Waals surface area contributed by atoms with Gasteiger partial charge in [0.05, 0.1) is 26.4 Å². The van der Waals surface area contributed by atoms with E-state index in [0.717, 1.165) is 4.90 Å². The normalized spacial score (nSPS) is 20.4. The predicted molar refractivity (Wildman–Crippen MR) is 156 cm³/mol. The second kappa shape index (κ2) is 22.5. The molecule has 249 valence electrons. The SMILES string of the molecule is CCOC(=O)[C@@H]1CC[C@H](C(=O)OCC)N1.CCOC(=O)[C@H]1CC[C@@H](C(=O)OCC)N1C(=O)OC(C)(C)C.C[B]OOCB=O. The Morgan fingerprint density at radius 1 is 0.727 bits per heavy atom. The van der Waals surface area contributed by atoms with Crippen LogP contribution in [0.3, 0.4) is 0 Å². The van der Waals surface area contributed by atoms with Crippen molar-refractivity contribution in [1.29, 1.82) is 0 Å². The summed E-state index contributed by atoms with van der Waals surface area (Å²) in [6, 6.07) is -2.35. The average molecular weight is 629 g/mol. The maximum atomic E-state index is 12.4. The second-order valence-corrected chi connectivity index (χ2v) is 10.1. The van der Waals surface area contributed by atoms with Crippen molar-refractivity contribution in [2.24, 2.45) is 0 Å². The zero-order chi connectivity index (χ0) is 33.7. The molecule has 0 unspecified atom stereocenters. The van der Waals surface area contributed by atoms with Gasteiger partial charge in [0, 0.05) is 0 Å². The minimum absolute atomic E-state index is 0.00958. The molecule has 1 N–H and O–H groups in total. The molecular formula is C27H47B2N2O13. The predicted octanol–water partition coefficient (Wildman–Crippen LogP) is 1.72. The number of hydrogen-bond donors (Lipinski definition) is 1. The number of likely N-dealkylation sites (tertiary alicyclic amines) is 1. The van der Waals surface area contributed by atoms with Gasteiger partial charge in [-0.3, -0.25) is 19.8 Å². The van der Waals surface area contributed by atoms with E-state index in [1.165, 1.54) is 7.48 Å². The summed E-state index contributed by atoms with van der Waals surface area (Å²) in [4.78, 5) is 68.7. The molecule has 0 spiro atoms. The summed E-state index contributed by atoms with van der Waals surface area (Å²) in [6.07, 6.45) is 1.24. The number of rotatable bonds is 12. The van der Waals surface area contributed by atoms with E-state index in [9.17, 15) is 28.7 Å². The molecule has 2 saturated heterocycles. The summed E-state index contributed by atoms with van der Waals surface area (Å²) in [6.45, 7) is 14.9. The van der Waals surface area contributed by atoms with Gasteiger partial charge in [-0.1, -0.05) is 0 Å².